The summed E-state index contributed by atoms with van der Waals surface area (Å²) in [5, 5.41) is 7.91. The van der Waals surface area contributed by atoms with Crippen molar-refractivity contribution >= 4 is 11.6 Å². The minimum Gasteiger partial charge on any atom is -0.159 e. The van der Waals surface area contributed by atoms with Crippen LogP contribution >= 0.6 is 11.6 Å². The molecule has 12 heavy (non-hydrogen) atoms. The highest BCUT2D eigenvalue weighted by atomic mass is 35.5. The first-order valence-electron chi connectivity index (χ1n) is 4.11. The van der Waals surface area contributed by atoms with Gasteiger partial charge in [-0.1, -0.05) is 13.8 Å². The summed E-state index contributed by atoms with van der Waals surface area (Å²) in [7, 11) is 0. The molecule has 3 heteroatoms. The smallest absolute Gasteiger partial charge is 0.0645 e. The number of halogens is 1. The molecule has 1 heterocycles. The van der Waals surface area contributed by atoms with Crippen LogP contribution in [0.25, 0.3) is 0 Å². The largest absolute Gasteiger partial charge is 0.159 e. The molecule has 0 N–H and O–H groups in total. The van der Waals surface area contributed by atoms with Crippen LogP contribution in [0.5, 0.6) is 0 Å². The maximum Gasteiger partial charge on any atom is 0.0645 e. The van der Waals surface area contributed by atoms with Crippen LogP contribution in [0.1, 0.15) is 19.5 Å². The average Bonchev–Trinajstić information content (AvgIpc) is 2.06. The van der Waals surface area contributed by atoms with Crippen LogP contribution < -0.4 is 0 Å². The minimum atomic E-state index is 0.154. The van der Waals surface area contributed by atoms with Crippen molar-refractivity contribution < 1.29 is 0 Å². The molecule has 1 rings (SSSR count). The van der Waals surface area contributed by atoms with Crippen LogP contribution in [0.3, 0.4) is 0 Å². The fraction of sp³-hybridized carbons (Fsp3) is 0.556. The van der Waals surface area contributed by atoms with Crippen molar-refractivity contribution in [3.63, 3.8) is 0 Å². The zero-order valence-corrected chi connectivity index (χ0v) is 8.12. The van der Waals surface area contributed by atoms with E-state index in [1.165, 1.54) is 0 Å². The van der Waals surface area contributed by atoms with E-state index in [0.29, 0.717) is 5.92 Å². The fourth-order valence-electron chi connectivity index (χ4n) is 0.878. The Morgan fingerprint density at radius 3 is 2.75 bits per heavy atom. The Morgan fingerprint density at radius 2 is 2.25 bits per heavy atom. The minimum absolute atomic E-state index is 0.154. The average molecular weight is 185 g/mol. The van der Waals surface area contributed by atoms with Gasteiger partial charge in [0.25, 0.3) is 0 Å². The van der Waals surface area contributed by atoms with Gasteiger partial charge in [0.1, 0.15) is 0 Å². The highest BCUT2D eigenvalue weighted by Gasteiger charge is 2.10. The summed E-state index contributed by atoms with van der Waals surface area (Å²) in [6.45, 7) is 4.21. The van der Waals surface area contributed by atoms with E-state index in [2.05, 4.69) is 24.0 Å². The quantitative estimate of drug-likeness (QED) is 0.674. The Kier molecular flexibility index (Phi) is 3.48. The van der Waals surface area contributed by atoms with E-state index in [-0.39, 0.29) is 5.38 Å². The maximum atomic E-state index is 6.08. The molecule has 1 unspecified atom stereocenters. The second-order valence-corrected chi connectivity index (χ2v) is 3.74. The van der Waals surface area contributed by atoms with Gasteiger partial charge in [0.15, 0.2) is 0 Å². The molecule has 0 saturated heterocycles. The molecule has 0 bridgehead atoms. The molecule has 0 saturated carbocycles. The molecule has 1 aromatic heterocycles. The van der Waals surface area contributed by atoms with Crippen LogP contribution in [0, 0.1) is 5.92 Å². The first kappa shape index (κ1) is 9.46. The molecule has 0 fully saturated rings. The Morgan fingerprint density at radius 1 is 1.50 bits per heavy atom. The predicted octanol–water partition coefficient (Wildman–Crippen LogP) is 2.28. The van der Waals surface area contributed by atoms with Crippen LogP contribution in [0.4, 0.5) is 0 Å². The second kappa shape index (κ2) is 4.41. The van der Waals surface area contributed by atoms with E-state index in [9.17, 15) is 0 Å². The highest BCUT2D eigenvalue weighted by molar-refractivity contribution is 6.20. The first-order chi connectivity index (χ1) is 5.70. The summed E-state index contributed by atoms with van der Waals surface area (Å²) in [4.78, 5) is 0. The van der Waals surface area contributed by atoms with Crippen molar-refractivity contribution in [3.8, 4) is 0 Å². The third kappa shape index (κ3) is 2.78. The van der Waals surface area contributed by atoms with Gasteiger partial charge in [-0.2, -0.15) is 10.2 Å². The third-order valence-electron chi connectivity index (χ3n) is 1.76. The molecule has 0 aliphatic heterocycles. The van der Waals surface area contributed by atoms with Crippen LogP contribution in [-0.4, -0.2) is 15.6 Å². The molecule has 0 aliphatic carbocycles. The van der Waals surface area contributed by atoms with E-state index in [1.807, 2.05) is 12.1 Å². The lowest BCUT2D eigenvalue weighted by Crippen LogP contribution is -2.12. The van der Waals surface area contributed by atoms with Gasteiger partial charge in [0.05, 0.1) is 5.69 Å². The Bertz CT molecular complexity index is 223. The molecular weight excluding hydrogens is 172 g/mol. The van der Waals surface area contributed by atoms with Crippen molar-refractivity contribution in [2.24, 2.45) is 5.92 Å². The van der Waals surface area contributed by atoms with Crippen molar-refractivity contribution in [3.05, 3.63) is 24.0 Å². The van der Waals surface area contributed by atoms with Crippen molar-refractivity contribution in [2.45, 2.75) is 25.6 Å². The molecule has 0 spiro atoms. The van der Waals surface area contributed by atoms with E-state index < -0.39 is 0 Å². The highest BCUT2D eigenvalue weighted by Crippen LogP contribution is 2.13. The predicted molar refractivity (Wildman–Crippen MR) is 50.2 cm³/mol. The van der Waals surface area contributed by atoms with Gasteiger partial charge in [0.2, 0.25) is 0 Å². The summed E-state index contributed by atoms with van der Waals surface area (Å²) < 4.78 is 0. The van der Waals surface area contributed by atoms with Gasteiger partial charge < -0.3 is 0 Å². The molecule has 0 aliphatic rings. The zero-order valence-electron chi connectivity index (χ0n) is 7.37. The number of nitrogens with zero attached hydrogens (tertiary/aromatic N) is 2. The fourth-order valence-corrected chi connectivity index (χ4v) is 1.04. The van der Waals surface area contributed by atoms with Crippen molar-refractivity contribution in [2.75, 3.05) is 0 Å². The lowest BCUT2D eigenvalue weighted by molar-refractivity contribution is 0.588. The van der Waals surface area contributed by atoms with Crippen LogP contribution in [0.15, 0.2) is 18.3 Å². The second-order valence-electron chi connectivity index (χ2n) is 3.18. The Balaban J connectivity index is 2.53. The zero-order chi connectivity index (χ0) is 8.97. The van der Waals surface area contributed by atoms with Crippen molar-refractivity contribution in [1.82, 2.24) is 10.2 Å². The number of hydrogen-bond acceptors (Lipinski definition) is 2. The molecule has 66 valence electrons. The van der Waals surface area contributed by atoms with Gasteiger partial charge in [-0.25, -0.2) is 0 Å². The number of alkyl halides is 1. The lowest BCUT2D eigenvalue weighted by atomic mass is 10.1. The van der Waals surface area contributed by atoms with Crippen LogP contribution in [0.2, 0.25) is 0 Å². The SMILES string of the molecule is CC(C)C(Cl)Cc1cccnn1. The lowest BCUT2D eigenvalue weighted by Gasteiger charge is -2.11. The summed E-state index contributed by atoms with van der Waals surface area (Å²) in [5.41, 5.74) is 0.964. The van der Waals surface area contributed by atoms with Gasteiger partial charge in [-0.3, -0.25) is 0 Å². The van der Waals surface area contributed by atoms with E-state index in [0.717, 1.165) is 12.1 Å². The topological polar surface area (TPSA) is 25.8 Å². The molecule has 0 aromatic carbocycles. The molecule has 0 radical (unpaired) electrons. The maximum absolute atomic E-state index is 6.08. The molecule has 2 nitrogen and oxygen atoms in total. The summed E-state index contributed by atoms with van der Waals surface area (Å²) in [6, 6.07) is 3.83. The van der Waals surface area contributed by atoms with Crippen LogP contribution in [-0.2, 0) is 6.42 Å². The van der Waals surface area contributed by atoms with Gasteiger partial charge in [0, 0.05) is 18.0 Å². The van der Waals surface area contributed by atoms with E-state index >= 15 is 0 Å². The number of rotatable bonds is 3. The molecule has 1 atom stereocenters. The van der Waals surface area contributed by atoms with E-state index in [1.54, 1.807) is 6.20 Å². The van der Waals surface area contributed by atoms with Gasteiger partial charge >= 0.3 is 0 Å². The summed E-state index contributed by atoms with van der Waals surface area (Å²) in [6.07, 6.45) is 2.47. The summed E-state index contributed by atoms with van der Waals surface area (Å²) >= 11 is 6.08. The monoisotopic (exact) mass is 184 g/mol. The van der Waals surface area contributed by atoms with Gasteiger partial charge in [-0.05, 0) is 18.1 Å². The first-order valence-corrected chi connectivity index (χ1v) is 4.54. The number of hydrogen-bond donors (Lipinski definition) is 0. The normalized spacial score (nSPS) is 13.3. The van der Waals surface area contributed by atoms with Crippen molar-refractivity contribution in [1.29, 1.82) is 0 Å². The molecule has 1 aromatic rings. The third-order valence-corrected chi connectivity index (χ3v) is 2.41. The summed E-state index contributed by atoms with van der Waals surface area (Å²) in [5.74, 6) is 0.480. The van der Waals surface area contributed by atoms with Gasteiger partial charge in [-0.15, -0.1) is 11.6 Å². The Hall–Kier alpha value is -0.630. The standard InChI is InChI=1S/C9H13ClN2/c1-7(2)9(10)6-8-4-3-5-11-12-8/h3-5,7,9H,6H2,1-2H3. The Labute approximate surface area is 78.0 Å². The molecular formula is C9H13ClN2. The number of aromatic nitrogens is 2. The van der Waals surface area contributed by atoms with E-state index in [4.69, 9.17) is 11.6 Å². The molecule has 0 amide bonds.